The number of aryl methyl sites for hydroxylation is 1. The molecule has 0 bridgehead atoms. The van der Waals surface area contributed by atoms with Crippen LogP contribution in [-0.2, 0) is 7.05 Å². The van der Waals surface area contributed by atoms with Crippen LogP contribution >= 0.6 is 11.6 Å². The third-order valence-corrected chi connectivity index (χ3v) is 3.66. The van der Waals surface area contributed by atoms with Gasteiger partial charge in [0.05, 0.1) is 0 Å². The molecule has 0 unspecified atom stereocenters. The molecule has 0 aliphatic carbocycles. The SMILES string of the molecule is C=CCN1CCCN(C(=O)c2cc(Cl)n(C)n2)CC1. The van der Waals surface area contributed by atoms with Crippen molar-refractivity contribution in [1.82, 2.24) is 19.6 Å². The van der Waals surface area contributed by atoms with Crippen LogP contribution in [0.4, 0.5) is 0 Å². The first-order chi connectivity index (χ1) is 9.11. The van der Waals surface area contributed by atoms with E-state index >= 15 is 0 Å². The van der Waals surface area contributed by atoms with E-state index in [0.717, 1.165) is 39.1 Å². The number of aromatic nitrogens is 2. The summed E-state index contributed by atoms with van der Waals surface area (Å²) in [5, 5.41) is 4.61. The maximum Gasteiger partial charge on any atom is 0.274 e. The molecule has 1 aromatic heterocycles. The van der Waals surface area contributed by atoms with E-state index < -0.39 is 0 Å². The molecule has 1 aromatic rings. The Morgan fingerprint density at radius 1 is 1.47 bits per heavy atom. The number of halogens is 1. The Morgan fingerprint density at radius 2 is 2.26 bits per heavy atom. The Hall–Kier alpha value is -1.33. The highest BCUT2D eigenvalue weighted by molar-refractivity contribution is 6.29. The van der Waals surface area contributed by atoms with Gasteiger partial charge in [0.25, 0.3) is 5.91 Å². The van der Waals surface area contributed by atoms with Crippen molar-refractivity contribution >= 4 is 17.5 Å². The molecule has 2 rings (SSSR count). The van der Waals surface area contributed by atoms with E-state index in [4.69, 9.17) is 11.6 Å². The maximum atomic E-state index is 12.3. The van der Waals surface area contributed by atoms with E-state index in [1.807, 2.05) is 11.0 Å². The van der Waals surface area contributed by atoms with Crippen molar-refractivity contribution < 1.29 is 4.79 Å². The molecule has 6 heteroatoms. The van der Waals surface area contributed by atoms with Crippen LogP contribution in [-0.4, -0.2) is 58.2 Å². The van der Waals surface area contributed by atoms with Gasteiger partial charge in [-0.2, -0.15) is 5.10 Å². The first-order valence-electron chi connectivity index (χ1n) is 6.44. The second-order valence-corrected chi connectivity index (χ2v) is 5.10. The monoisotopic (exact) mass is 282 g/mol. The van der Waals surface area contributed by atoms with Crippen molar-refractivity contribution in [1.29, 1.82) is 0 Å². The topological polar surface area (TPSA) is 41.4 Å². The highest BCUT2D eigenvalue weighted by Gasteiger charge is 2.22. The van der Waals surface area contributed by atoms with Gasteiger partial charge < -0.3 is 4.90 Å². The van der Waals surface area contributed by atoms with E-state index in [-0.39, 0.29) is 5.91 Å². The molecular weight excluding hydrogens is 264 g/mol. The molecule has 0 aromatic carbocycles. The molecule has 1 aliphatic rings. The van der Waals surface area contributed by atoms with E-state index in [1.54, 1.807) is 13.1 Å². The van der Waals surface area contributed by atoms with Crippen LogP contribution in [0, 0.1) is 0 Å². The fourth-order valence-electron chi connectivity index (χ4n) is 2.25. The minimum Gasteiger partial charge on any atom is -0.336 e. The Labute approximate surface area is 118 Å². The van der Waals surface area contributed by atoms with E-state index in [1.165, 1.54) is 4.68 Å². The molecular formula is C13H19ClN4O. The number of hydrogen-bond donors (Lipinski definition) is 0. The lowest BCUT2D eigenvalue weighted by Gasteiger charge is -2.20. The van der Waals surface area contributed by atoms with Gasteiger partial charge in [0.2, 0.25) is 0 Å². The van der Waals surface area contributed by atoms with Gasteiger partial charge in [-0.1, -0.05) is 17.7 Å². The summed E-state index contributed by atoms with van der Waals surface area (Å²) in [5.74, 6) is -0.0389. The van der Waals surface area contributed by atoms with Crippen molar-refractivity contribution in [3.05, 3.63) is 29.6 Å². The minimum atomic E-state index is -0.0389. The number of nitrogens with zero attached hydrogens (tertiary/aromatic N) is 4. The molecule has 0 radical (unpaired) electrons. The summed E-state index contributed by atoms with van der Waals surface area (Å²) in [4.78, 5) is 16.5. The summed E-state index contributed by atoms with van der Waals surface area (Å²) in [7, 11) is 1.73. The molecule has 2 heterocycles. The molecule has 0 saturated carbocycles. The normalized spacial score (nSPS) is 17.3. The number of amides is 1. The average Bonchev–Trinajstić information content (AvgIpc) is 2.61. The summed E-state index contributed by atoms with van der Waals surface area (Å²) in [6.07, 6.45) is 2.87. The molecule has 1 amide bonds. The van der Waals surface area contributed by atoms with Crippen LogP contribution in [0.1, 0.15) is 16.9 Å². The Bertz CT molecular complexity index is 452. The van der Waals surface area contributed by atoms with Crippen LogP contribution in [0.3, 0.4) is 0 Å². The Kier molecular flexibility index (Phi) is 4.61. The summed E-state index contributed by atoms with van der Waals surface area (Å²) in [6.45, 7) is 7.98. The Morgan fingerprint density at radius 3 is 2.89 bits per heavy atom. The van der Waals surface area contributed by atoms with Gasteiger partial charge in [-0.15, -0.1) is 6.58 Å². The van der Waals surface area contributed by atoms with Crippen molar-refractivity contribution in [2.24, 2.45) is 7.05 Å². The predicted octanol–water partition coefficient (Wildman–Crippen LogP) is 1.41. The van der Waals surface area contributed by atoms with Crippen LogP contribution in [0.25, 0.3) is 0 Å². The lowest BCUT2D eigenvalue weighted by atomic mass is 10.3. The maximum absolute atomic E-state index is 12.3. The van der Waals surface area contributed by atoms with Crippen LogP contribution < -0.4 is 0 Å². The number of hydrogen-bond acceptors (Lipinski definition) is 3. The molecule has 1 saturated heterocycles. The fourth-order valence-corrected chi connectivity index (χ4v) is 2.39. The van der Waals surface area contributed by atoms with Crippen LogP contribution in [0.2, 0.25) is 5.15 Å². The van der Waals surface area contributed by atoms with Gasteiger partial charge >= 0.3 is 0 Å². The molecule has 0 N–H and O–H groups in total. The van der Waals surface area contributed by atoms with Crippen molar-refractivity contribution in [2.75, 3.05) is 32.7 Å². The highest BCUT2D eigenvalue weighted by Crippen LogP contribution is 2.13. The zero-order valence-electron chi connectivity index (χ0n) is 11.2. The van der Waals surface area contributed by atoms with Crippen molar-refractivity contribution in [3.63, 3.8) is 0 Å². The number of carbonyl (C=O) groups is 1. The van der Waals surface area contributed by atoms with Gasteiger partial charge in [0.1, 0.15) is 5.15 Å². The number of rotatable bonds is 3. The number of carbonyl (C=O) groups excluding carboxylic acids is 1. The van der Waals surface area contributed by atoms with Crippen molar-refractivity contribution in [2.45, 2.75) is 6.42 Å². The highest BCUT2D eigenvalue weighted by atomic mass is 35.5. The summed E-state index contributed by atoms with van der Waals surface area (Å²) >= 11 is 5.92. The lowest BCUT2D eigenvalue weighted by Crippen LogP contribution is -2.35. The Balaban J connectivity index is 2.01. The smallest absolute Gasteiger partial charge is 0.274 e. The van der Waals surface area contributed by atoms with Gasteiger partial charge in [-0.25, -0.2) is 0 Å². The zero-order chi connectivity index (χ0) is 13.8. The quantitative estimate of drug-likeness (QED) is 0.787. The van der Waals surface area contributed by atoms with E-state index in [2.05, 4.69) is 16.6 Å². The third kappa shape index (κ3) is 3.36. The summed E-state index contributed by atoms with van der Waals surface area (Å²) in [6, 6.07) is 1.62. The third-order valence-electron chi connectivity index (χ3n) is 3.30. The first kappa shape index (κ1) is 14.1. The molecule has 0 spiro atoms. The molecule has 0 atom stereocenters. The average molecular weight is 283 g/mol. The van der Waals surface area contributed by atoms with E-state index in [9.17, 15) is 4.79 Å². The van der Waals surface area contributed by atoms with Gasteiger partial charge in [-0.3, -0.25) is 14.4 Å². The summed E-state index contributed by atoms with van der Waals surface area (Å²) < 4.78 is 1.51. The van der Waals surface area contributed by atoms with Gasteiger partial charge in [0.15, 0.2) is 5.69 Å². The minimum absolute atomic E-state index is 0.0389. The zero-order valence-corrected chi connectivity index (χ0v) is 11.9. The van der Waals surface area contributed by atoms with E-state index in [0.29, 0.717) is 10.8 Å². The standard InChI is InChI=1S/C13H19ClN4O/c1-3-5-17-6-4-7-18(9-8-17)13(19)11-10-12(14)16(2)15-11/h3,10H,1,4-9H2,2H3. The van der Waals surface area contributed by atoms with Crippen LogP contribution in [0.15, 0.2) is 18.7 Å². The summed E-state index contributed by atoms with van der Waals surface area (Å²) in [5.41, 5.74) is 0.421. The fraction of sp³-hybridized carbons (Fsp3) is 0.538. The molecule has 1 aliphatic heterocycles. The second kappa shape index (κ2) is 6.21. The lowest BCUT2D eigenvalue weighted by molar-refractivity contribution is 0.0755. The van der Waals surface area contributed by atoms with Gasteiger partial charge in [-0.05, 0) is 6.42 Å². The molecule has 5 nitrogen and oxygen atoms in total. The molecule has 104 valence electrons. The van der Waals surface area contributed by atoms with Crippen molar-refractivity contribution in [3.8, 4) is 0 Å². The van der Waals surface area contributed by atoms with Gasteiger partial charge in [0, 0.05) is 45.8 Å². The first-order valence-corrected chi connectivity index (χ1v) is 6.81. The van der Waals surface area contributed by atoms with Crippen LogP contribution in [0.5, 0.6) is 0 Å². The largest absolute Gasteiger partial charge is 0.336 e. The molecule has 19 heavy (non-hydrogen) atoms. The second-order valence-electron chi connectivity index (χ2n) is 4.71. The molecule has 1 fully saturated rings. The predicted molar refractivity (Wildman–Crippen MR) is 75.4 cm³/mol.